The summed E-state index contributed by atoms with van der Waals surface area (Å²) >= 11 is 0. The van der Waals surface area contributed by atoms with Crippen molar-refractivity contribution >= 4 is 17.8 Å². The summed E-state index contributed by atoms with van der Waals surface area (Å²) in [5, 5.41) is 8.87. The molecule has 2 atom stereocenters. The zero-order valence-corrected chi connectivity index (χ0v) is 16.9. The fourth-order valence-electron chi connectivity index (χ4n) is 3.76. The fourth-order valence-corrected chi connectivity index (χ4v) is 3.76. The van der Waals surface area contributed by atoms with Gasteiger partial charge < -0.3 is 19.6 Å². The van der Waals surface area contributed by atoms with E-state index in [2.05, 4.69) is 0 Å². The highest BCUT2D eigenvalue weighted by Crippen LogP contribution is 2.26. The molecule has 0 aliphatic carbocycles. The number of carbonyl (C=O) groups is 3. The molecule has 2 saturated heterocycles. The highest BCUT2D eigenvalue weighted by atomic mass is 16.5. The van der Waals surface area contributed by atoms with Crippen LogP contribution >= 0.6 is 0 Å². The summed E-state index contributed by atoms with van der Waals surface area (Å²) in [7, 11) is 1.72. The van der Waals surface area contributed by atoms with Gasteiger partial charge in [-0.2, -0.15) is 0 Å². The van der Waals surface area contributed by atoms with Gasteiger partial charge in [0.05, 0.1) is 19.3 Å². The van der Waals surface area contributed by atoms with Gasteiger partial charge in [0.1, 0.15) is 6.04 Å². The van der Waals surface area contributed by atoms with Crippen molar-refractivity contribution in [3.05, 3.63) is 0 Å². The largest absolute Gasteiger partial charge is 0.480 e. The summed E-state index contributed by atoms with van der Waals surface area (Å²) in [6.07, 6.45) is 1.77. The number of rotatable bonds is 6. The summed E-state index contributed by atoms with van der Waals surface area (Å²) in [6.45, 7) is 8.48. The predicted molar refractivity (Wildman–Crippen MR) is 100 cm³/mol. The van der Waals surface area contributed by atoms with Crippen LogP contribution in [0.4, 0.5) is 0 Å². The van der Waals surface area contributed by atoms with Crippen molar-refractivity contribution in [2.24, 2.45) is 5.41 Å². The minimum Gasteiger partial charge on any atom is -0.480 e. The van der Waals surface area contributed by atoms with Crippen molar-refractivity contribution in [3.63, 3.8) is 0 Å². The molecule has 0 aromatic carbocycles. The van der Waals surface area contributed by atoms with Crippen molar-refractivity contribution in [1.29, 1.82) is 0 Å². The monoisotopic (exact) mass is 383 g/mol. The Bertz CT molecular complexity index is 560. The minimum atomic E-state index is -0.889. The Kier molecular flexibility index (Phi) is 7.22. The number of carboxylic acid groups (broad SMARTS) is 1. The summed E-state index contributed by atoms with van der Waals surface area (Å²) in [4.78, 5) is 41.7. The number of aliphatic carboxylic acids is 1. The maximum Gasteiger partial charge on any atom is 0.317 e. The smallest absolute Gasteiger partial charge is 0.317 e. The van der Waals surface area contributed by atoms with E-state index in [-0.39, 0.29) is 35.9 Å². The third-order valence-corrected chi connectivity index (χ3v) is 4.91. The Balaban J connectivity index is 1.95. The molecule has 2 unspecified atom stereocenters. The fraction of sp³-hybridized carbons (Fsp3) is 0.842. The van der Waals surface area contributed by atoms with Gasteiger partial charge in [-0.25, -0.2) is 0 Å². The van der Waals surface area contributed by atoms with Crippen LogP contribution in [0.25, 0.3) is 0 Å². The van der Waals surface area contributed by atoms with Crippen molar-refractivity contribution < 1.29 is 24.2 Å². The number of nitrogens with zero attached hydrogens (tertiary/aromatic N) is 3. The quantitative estimate of drug-likeness (QED) is 0.725. The van der Waals surface area contributed by atoms with E-state index in [1.165, 1.54) is 0 Å². The average Bonchev–Trinajstić information content (AvgIpc) is 3.01. The van der Waals surface area contributed by atoms with Crippen molar-refractivity contribution in [1.82, 2.24) is 14.7 Å². The molecule has 0 saturated carbocycles. The first-order valence-electron chi connectivity index (χ1n) is 9.67. The van der Waals surface area contributed by atoms with Crippen LogP contribution in [0, 0.1) is 5.41 Å². The first kappa shape index (κ1) is 21.6. The van der Waals surface area contributed by atoms with Gasteiger partial charge in [-0.15, -0.1) is 0 Å². The topological polar surface area (TPSA) is 90.4 Å². The Labute approximate surface area is 161 Å². The number of hydrogen-bond donors (Lipinski definition) is 1. The molecule has 0 aromatic rings. The second-order valence-electron chi connectivity index (χ2n) is 8.85. The zero-order chi connectivity index (χ0) is 20.2. The Morgan fingerprint density at radius 1 is 1.22 bits per heavy atom. The van der Waals surface area contributed by atoms with Gasteiger partial charge >= 0.3 is 5.97 Å². The van der Waals surface area contributed by atoms with E-state index in [4.69, 9.17) is 9.84 Å². The first-order chi connectivity index (χ1) is 12.6. The molecule has 2 heterocycles. The van der Waals surface area contributed by atoms with Crippen LogP contribution in [-0.2, 0) is 19.1 Å². The third-order valence-electron chi connectivity index (χ3n) is 4.91. The van der Waals surface area contributed by atoms with Crippen LogP contribution < -0.4 is 0 Å². The van der Waals surface area contributed by atoms with Gasteiger partial charge in [0.25, 0.3) is 0 Å². The lowest BCUT2D eigenvalue weighted by Crippen LogP contribution is -2.55. The van der Waals surface area contributed by atoms with Crippen LogP contribution in [-0.4, -0.2) is 96.1 Å². The van der Waals surface area contributed by atoms with Gasteiger partial charge in [-0.3, -0.25) is 19.3 Å². The molecule has 0 bridgehead atoms. The lowest BCUT2D eigenvalue weighted by Gasteiger charge is -2.37. The second-order valence-corrected chi connectivity index (χ2v) is 8.85. The molecule has 0 radical (unpaired) electrons. The van der Waals surface area contributed by atoms with Crippen LogP contribution in [0.5, 0.6) is 0 Å². The van der Waals surface area contributed by atoms with Crippen LogP contribution in [0.2, 0.25) is 0 Å². The summed E-state index contributed by atoms with van der Waals surface area (Å²) < 4.78 is 5.70. The summed E-state index contributed by atoms with van der Waals surface area (Å²) in [5.41, 5.74) is -0.105. The summed E-state index contributed by atoms with van der Waals surface area (Å²) in [6, 6.07) is -0.379. The van der Waals surface area contributed by atoms with E-state index in [1.54, 1.807) is 21.7 Å². The first-order valence-corrected chi connectivity index (χ1v) is 9.67. The molecule has 8 heteroatoms. The molecular formula is C19H33N3O5. The van der Waals surface area contributed by atoms with Crippen LogP contribution in [0.3, 0.4) is 0 Å². The molecule has 1 N–H and O–H groups in total. The number of morpholine rings is 1. The van der Waals surface area contributed by atoms with Gasteiger partial charge in [-0.05, 0) is 25.3 Å². The van der Waals surface area contributed by atoms with E-state index in [1.807, 2.05) is 20.8 Å². The molecule has 0 spiro atoms. The van der Waals surface area contributed by atoms with E-state index < -0.39 is 5.97 Å². The van der Waals surface area contributed by atoms with E-state index >= 15 is 0 Å². The number of likely N-dealkylation sites (tertiary alicyclic amines) is 1. The molecule has 2 amide bonds. The van der Waals surface area contributed by atoms with Crippen molar-refractivity contribution in [3.8, 4) is 0 Å². The maximum atomic E-state index is 13.1. The van der Waals surface area contributed by atoms with Crippen LogP contribution in [0.15, 0.2) is 0 Å². The summed E-state index contributed by atoms with van der Waals surface area (Å²) in [5.74, 6) is -0.853. The number of hydrogen-bond acceptors (Lipinski definition) is 5. The molecule has 0 aromatic heterocycles. The highest BCUT2D eigenvalue weighted by molar-refractivity contribution is 5.88. The standard InChI is InChI=1S/C19H33N3O5/c1-19(2,3)10-16(23)22-7-5-6-15(22)18(26)21-8-9-27-14(12-21)11-20(4)13-17(24)25/h14-15H,5-13H2,1-4H3,(H,24,25). The van der Waals surface area contributed by atoms with Gasteiger partial charge in [0.15, 0.2) is 0 Å². The van der Waals surface area contributed by atoms with Gasteiger partial charge in [0, 0.05) is 32.6 Å². The average molecular weight is 383 g/mol. The number of ether oxygens (including phenoxy) is 1. The number of carboxylic acids is 1. The van der Waals surface area contributed by atoms with E-state index in [0.717, 1.165) is 6.42 Å². The van der Waals surface area contributed by atoms with E-state index in [0.29, 0.717) is 45.6 Å². The highest BCUT2D eigenvalue weighted by Gasteiger charge is 2.38. The maximum absolute atomic E-state index is 13.1. The third kappa shape index (κ3) is 6.46. The van der Waals surface area contributed by atoms with Gasteiger partial charge in [-0.1, -0.05) is 20.8 Å². The molecule has 2 aliphatic heterocycles. The Morgan fingerprint density at radius 2 is 1.93 bits per heavy atom. The predicted octanol–water partition coefficient (Wildman–Crippen LogP) is 0.657. The normalized spacial score (nSPS) is 23.7. The Hall–Kier alpha value is -1.67. The lowest BCUT2D eigenvalue weighted by atomic mass is 9.91. The van der Waals surface area contributed by atoms with Crippen LogP contribution in [0.1, 0.15) is 40.0 Å². The molecular weight excluding hydrogens is 350 g/mol. The number of carbonyl (C=O) groups excluding carboxylic acids is 2. The lowest BCUT2D eigenvalue weighted by molar-refractivity contribution is -0.150. The molecule has 27 heavy (non-hydrogen) atoms. The van der Waals surface area contributed by atoms with Crippen molar-refractivity contribution in [2.45, 2.75) is 52.2 Å². The van der Waals surface area contributed by atoms with E-state index in [9.17, 15) is 14.4 Å². The number of likely N-dealkylation sites (N-methyl/N-ethyl adjacent to an activating group) is 1. The second kappa shape index (κ2) is 9.01. The van der Waals surface area contributed by atoms with Gasteiger partial charge in [0.2, 0.25) is 11.8 Å². The molecule has 2 aliphatic rings. The zero-order valence-electron chi connectivity index (χ0n) is 16.9. The minimum absolute atomic E-state index is 0.0102. The number of amides is 2. The molecule has 2 fully saturated rings. The molecule has 2 rings (SSSR count). The van der Waals surface area contributed by atoms with Crippen molar-refractivity contribution in [2.75, 3.05) is 46.4 Å². The molecule has 154 valence electrons. The Morgan fingerprint density at radius 3 is 2.56 bits per heavy atom. The molecule has 8 nitrogen and oxygen atoms in total. The SMILES string of the molecule is CN(CC(=O)O)CC1CN(C(=O)C2CCCN2C(=O)CC(C)(C)C)CCO1.